The quantitative estimate of drug-likeness (QED) is 0.763. The van der Waals surface area contributed by atoms with Crippen molar-refractivity contribution in [2.75, 3.05) is 6.54 Å². The lowest BCUT2D eigenvalue weighted by atomic mass is 10.1. The fourth-order valence-electron chi connectivity index (χ4n) is 2.26. The lowest BCUT2D eigenvalue weighted by Crippen LogP contribution is -2.35. The van der Waals surface area contributed by atoms with E-state index in [0.29, 0.717) is 36.5 Å². The summed E-state index contributed by atoms with van der Waals surface area (Å²) in [5.74, 6) is 1.39. The van der Waals surface area contributed by atoms with Crippen LogP contribution >= 0.6 is 0 Å². The second-order valence-corrected chi connectivity index (χ2v) is 4.45. The standard InChI is InChI=1S/C12H13N3O3/c1-7-11(8(2)17-14-7)12(16)15-4-3-10-9(6-15)5-13-18-10/h5H,3-4,6H2,1-2H3. The third kappa shape index (κ3) is 1.61. The molecule has 18 heavy (non-hydrogen) atoms. The van der Waals surface area contributed by atoms with Gasteiger partial charge in [-0.25, -0.2) is 0 Å². The molecule has 0 atom stereocenters. The lowest BCUT2D eigenvalue weighted by molar-refractivity contribution is 0.0726. The number of hydrogen-bond acceptors (Lipinski definition) is 5. The minimum Gasteiger partial charge on any atom is -0.361 e. The van der Waals surface area contributed by atoms with Crippen LogP contribution in [0.15, 0.2) is 15.2 Å². The molecule has 0 saturated heterocycles. The summed E-state index contributed by atoms with van der Waals surface area (Å²) in [7, 11) is 0. The maximum absolute atomic E-state index is 12.4. The van der Waals surface area contributed by atoms with Crippen molar-refractivity contribution < 1.29 is 13.8 Å². The van der Waals surface area contributed by atoms with Gasteiger partial charge in [0.2, 0.25) is 0 Å². The van der Waals surface area contributed by atoms with Crippen molar-refractivity contribution >= 4 is 5.91 Å². The Morgan fingerprint density at radius 2 is 2.22 bits per heavy atom. The molecule has 0 unspecified atom stereocenters. The topological polar surface area (TPSA) is 72.4 Å². The first kappa shape index (κ1) is 11.0. The summed E-state index contributed by atoms with van der Waals surface area (Å²) in [4.78, 5) is 14.2. The Hall–Kier alpha value is -2.11. The molecule has 3 heterocycles. The van der Waals surface area contributed by atoms with Gasteiger partial charge in [0.15, 0.2) is 0 Å². The highest BCUT2D eigenvalue weighted by Gasteiger charge is 2.27. The van der Waals surface area contributed by atoms with Crippen molar-refractivity contribution in [3.8, 4) is 0 Å². The van der Waals surface area contributed by atoms with Crippen LogP contribution < -0.4 is 0 Å². The first-order valence-electron chi connectivity index (χ1n) is 5.81. The number of fused-ring (bicyclic) bond motifs is 1. The molecule has 6 heteroatoms. The highest BCUT2D eigenvalue weighted by atomic mass is 16.5. The van der Waals surface area contributed by atoms with Crippen molar-refractivity contribution in [1.29, 1.82) is 0 Å². The summed E-state index contributed by atoms with van der Waals surface area (Å²) in [6, 6.07) is 0. The van der Waals surface area contributed by atoms with Crippen molar-refractivity contribution in [2.45, 2.75) is 26.8 Å². The van der Waals surface area contributed by atoms with E-state index in [1.54, 1.807) is 24.9 Å². The Bertz CT molecular complexity index is 580. The van der Waals surface area contributed by atoms with E-state index in [1.807, 2.05) is 0 Å². The number of hydrogen-bond donors (Lipinski definition) is 0. The summed E-state index contributed by atoms with van der Waals surface area (Å²) in [6.07, 6.45) is 2.37. The van der Waals surface area contributed by atoms with Crippen LogP contribution in [0.3, 0.4) is 0 Å². The predicted molar refractivity (Wildman–Crippen MR) is 60.9 cm³/mol. The number of amides is 1. The fraction of sp³-hybridized carbons (Fsp3) is 0.417. The Balaban J connectivity index is 1.87. The van der Waals surface area contributed by atoms with Crippen molar-refractivity contribution in [1.82, 2.24) is 15.2 Å². The molecular formula is C12H13N3O3. The largest absolute Gasteiger partial charge is 0.361 e. The fourth-order valence-corrected chi connectivity index (χ4v) is 2.26. The van der Waals surface area contributed by atoms with Gasteiger partial charge in [-0.15, -0.1) is 0 Å². The number of carbonyl (C=O) groups is 1. The van der Waals surface area contributed by atoms with Gasteiger partial charge in [-0.05, 0) is 13.8 Å². The smallest absolute Gasteiger partial charge is 0.259 e. The van der Waals surface area contributed by atoms with Crippen LogP contribution in [0.4, 0.5) is 0 Å². The SMILES string of the molecule is Cc1noc(C)c1C(=O)N1CCc2oncc2C1. The van der Waals surface area contributed by atoms with E-state index >= 15 is 0 Å². The highest BCUT2D eigenvalue weighted by Crippen LogP contribution is 2.22. The minimum absolute atomic E-state index is 0.0434. The van der Waals surface area contributed by atoms with Gasteiger partial charge in [-0.2, -0.15) is 0 Å². The van der Waals surface area contributed by atoms with Crippen LogP contribution in [0.2, 0.25) is 0 Å². The maximum atomic E-state index is 12.4. The first-order chi connectivity index (χ1) is 8.66. The average Bonchev–Trinajstić information content (AvgIpc) is 2.94. The zero-order chi connectivity index (χ0) is 12.7. The third-order valence-corrected chi connectivity index (χ3v) is 3.23. The average molecular weight is 247 g/mol. The Labute approximate surface area is 104 Å². The number of aryl methyl sites for hydroxylation is 2. The van der Waals surface area contributed by atoms with Crippen LogP contribution in [-0.4, -0.2) is 27.7 Å². The van der Waals surface area contributed by atoms with E-state index in [2.05, 4.69) is 10.3 Å². The Kier molecular flexibility index (Phi) is 2.43. The summed E-state index contributed by atoms with van der Waals surface area (Å²) in [5, 5.41) is 7.56. The summed E-state index contributed by atoms with van der Waals surface area (Å²) < 4.78 is 10.1. The second kappa shape index (κ2) is 3.97. The molecule has 1 aliphatic heterocycles. The molecule has 0 saturated carbocycles. The molecule has 2 aromatic rings. The van der Waals surface area contributed by atoms with Crippen LogP contribution in [0.5, 0.6) is 0 Å². The number of carbonyl (C=O) groups excluding carboxylic acids is 1. The normalized spacial score (nSPS) is 14.7. The highest BCUT2D eigenvalue weighted by molar-refractivity contribution is 5.96. The molecule has 0 bridgehead atoms. The molecule has 3 rings (SSSR count). The second-order valence-electron chi connectivity index (χ2n) is 4.45. The summed E-state index contributed by atoms with van der Waals surface area (Å²) >= 11 is 0. The van der Waals surface area contributed by atoms with E-state index in [4.69, 9.17) is 9.05 Å². The van der Waals surface area contributed by atoms with E-state index < -0.39 is 0 Å². The van der Waals surface area contributed by atoms with Crippen molar-refractivity contribution in [3.63, 3.8) is 0 Å². The van der Waals surface area contributed by atoms with Gasteiger partial charge in [0, 0.05) is 18.5 Å². The van der Waals surface area contributed by atoms with Gasteiger partial charge in [0.25, 0.3) is 5.91 Å². The molecule has 6 nitrogen and oxygen atoms in total. The lowest BCUT2D eigenvalue weighted by Gasteiger charge is -2.25. The number of rotatable bonds is 1. The summed E-state index contributed by atoms with van der Waals surface area (Å²) in [5.41, 5.74) is 2.17. The van der Waals surface area contributed by atoms with E-state index in [9.17, 15) is 4.79 Å². The Morgan fingerprint density at radius 1 is 1.39 bits per heavy atom. The van der Waals surface area contributed by atoms with Crippen molar-refractivity contribution in [2.24, 2.45) is 0 Å². The van der Waals surface area contributed by atoms with Gasteiger partial charge in [-0.1, -0.05) is 10.3 Å². The number of nitrogens with zero attached hydrogens (tertiary/aromatic N) is 3. The first-order valence-corrected chi connectivity index (χ1v) is 5.81. The van der Waals surface area contributed by atoms with Gasteiger partial charge < -0.3 is 13.9 Å². The molecule has 94 valence electrons. The van der Waals surface area contributed by atoms with Crippen LogP contribution in [-0.2, 0) is 13.0 Å². The monoisotopic (exact) mass is 247 g/mol. The van der Waals surface area contributed by atoms with E-state index in [-0.39, 0.29) is 5.91 Å². The van der Waals surface area contributed by atoms with Crippen LogP contribution in [0, 0.1) is 13.8 Å². The molecule has 0 N–H and O–H groups in total. The molecule has 1 aliphatic rings. The molecular weight excluding hydrogens is 234 g/mol. The maximum Gasteiger partial charge on any atom is 0.259 e. The van der Waals surface area contributed by atoms with Crippen LogP contribution in [0.1, 0.15) is 33.1 Å². The predicted octanol–water partition coefficient (Wildman–Crippen LogP) is 1.48. The van der Waals surface area contributed by atoms with E-state index in [1.165, 1.54) is 0 Å². The molecule has 0 radical (unpaired) electrons. The third-order valence-electron chi connectivity index (χ3n) is 3.23. The molecule has 0 fully saturated rings. The Morgan fingerprint density at radius 3 is 2.94 bits per heavy atom. The van der Waals surface area contributed by atoms with Crippen LogP contribution in [0.25, 0.3) is 0 Å². The zero-order valence-corrected chi connectivity index (χ0v) is 10.3. The minimum atomic E-state index is -0.0434. The van der Waals surface area contributed by atoms with Crippen molar-refractivity contribution in [3.05, 3.63) is 34.5 Å². The molecule has 0 spiro atoms. The molecule has 0 aliphatic carbocycles. The van der Waals surface area contributed by atoms with Gasteiger partial charge in [-0.3, -0.25) is 4.79 Å². The van der Waals surface area contributed by atoms with E-state index in [0.717, 1.165) is 11.3 Å². The number of aromatic nitrogens is 2. The molecule has 1 amide bonds. The zero-order valence-electron chi connectivity index (χ0n) is 10.3. The summed E-state index contributed by atoms with van der Waals surface area (Å²) in [6.45, 7) is 4.69. The van der Waals surface area contributed by atoms with Gasteiger partial charge in [0.05, 0.1) is 18.4 Å². The molecule has 0 aromatic carbocycles. The van der Waals surface area contributed by atoms with Gasteiger partial charge >= 0.3 is 0 Å². The molecule has 2 aromatic heterocycles. The van der Waals surface area contributed by atoms with Gasteiger partial charge in [0.1, 0.15) is 17.1 Å².